The molecule has 0 N–H and O–H groups in total. The number of carbonyl (C=O) groups excluding carboxylic acids is 1. The lowest BCUT2D eigenvalue weighted by molar-refractivity contribution is -0.104. The third kappa shape index (κ3) is 10.6. The number of rotatable bonds is 11. The molecule has 0 aliphatic heterocycles. The third-order valence-electron chi connectivity index (χ3n) is 8.46. The minimum Gasteiger partial charge on any atom is -0.298 e. The maximum absolute atomic E-state index is 11.7. The Bertz CT molecular complexity index is 1210. The zero-order valence-corrected chi connectivity index (χ0v) is 26.9. The van der Waals surface area contributed by atoms with Crippen LogP contribution >= 0.6 is 0 Å². The van der Waals surface area contributed by atoms with Gasteiger partial charge in [0.05, 0.1) is 0 Å². The van der Waals surface area contributed by atoms with Crippen molar-refractivity contribution in [2.75, 3.05) is 0 Å². The molecule has 0 bridgehead atoms. The topological polar surface area (TPSA) is 17.1 Å². The molecule has 0 fully saturated rings. The minimum absolute atomic E-state index is 0.244. The van der Waals surface area contributed by atoms with E-state index in [1.54, 1.807) is 0 Å². The van der Waals surface area contributed by atoms with Crippen molar-refractivity contribution in [3.63, 3.8) is 0 Å². The summed E-state index contributed by atoms with van der Waals surface area (Å²) in [6, 6.07) is 0. The fourth-order valence-electron chi connectivity index (χ4n) is 5.82. The molecule has 2 rings (SSSR count). The highest BCUT2D eigenvalue weighted by atomic mass is 16.1. The van der Waals surface area contributed by atoms with E-state index in [-0.39, 0.29) is 10.8 Å². The first-order valence-corrected chi connectivity index (χ1v) is 15.2. The maximum atomic E-state index is 11.7. The van der Waals surface area contributed by atoms with E-state index in [2.05, 4.69) is 111 Å². The van der Waals surface area contributed by atoms with Crippen molar-refractivity contribution in [2.24, 2.45) is 10.8 Å². The highest BCUT2D eigenvalue weighted by molar-refractivity contribution is 5.78. The molecule has 0 aromatic rings. The second kappa shape index (κ2) is 15.8. The van der Waals surface area contributed by atoms with Gasteiger partial charge in [-0.1, -0.05) is 130 Å². The van der Waals surface area contributed by atoms with Crippen LogP contribution in [0.15, 0.2) is 117 Å². The first-order chi connectivity index (χ1) is 18.9. The Hall–Kier alpha value is -2.93. The zero-order valence-electron chi connectivity index (χ0n) is 26.9. The molecule has 0 unspecified atom stereocenters. The summed E-state index contributed by atoms with van der Waals surface area (Å²) in [5.74, 6) is 0. The van der Waals surface area contributed by atoms with Gasteiger partial charge in [0.2, 0.25) is 0 Å². The first kappa shape index (κ1) is 33.3. The lowest BCUT2D eigenvalue weighted by atomic mass is 9.72. The summed E-state index contributed by atoms with van der Waals surface area (Å²) >= 11 is 0. The number of aldehydes is 1. The van der Waals surface area contributed by atoms with Crippen LogP contribution in [0.3, 0.4) is 0 Å². The maximum Gasteiger partial charge on any atom is 0.150 e. The van der Waals surface area contributed by atoms with Crippen molar-refractivity contribution in [1.82, 2.24) is 0 Å². The molecule has 1 nitrogen and oxygen atoms in total. The molecule has 0 heterocycles. The molecule has 0 aromatic carbocycles. The summed E-state index contributed by atoms with van der Waals surface area (Å²) in [7, 11) is 0. The number of carbonyl (C=O) groups is 1. The fourth-order valence-corrected chi connectivity index (χ4v) is 5.82. The van der Waals surface area contributed by atoms with Crippen LogP contribution in [0.5, 0.6) is 0 Å². The molecule has 0 saturated carbocycles. The Morgan fingerprint density at radius 3 is 1.60 bits per heavy atom. The second-order valence-corrected chi connectivity index (χ2v) is 12.9. The van der Waals surface area contributed by atoms with Crippen molar-refractivity contribution in [3.8, 4) is 0 Å². The average molecular weight is 539 g/mol. The number of hydrogen-bond donors (Lipinski definition) is 0. The van der Waals surface area contributed by atoms with Crippen molar-refractivity contribution in [2.45, 2.75) is 107 Å². The van der Waals surface area contributed by atoms with E-state index in [4.69, 9.17) is 0 Å². The zero-order chi connectivity index (χ0) is 29.8. The first-order valence-electron chi connectivity index (χ1n) is 15.2. The molecule has 216 valence electrons. The van der Waals surface area contributed by atoms with E-state index in [0.29, 0.717) is 5.57 Å². The van der Waals surface area contributed by atoms with Crippen LogP contribution in [0, 0.1) is 10.8 Å². The Balaban J connectivity index is 2.05. The van der Waals surface area contributed by atoms with E-state index in [9.17, 15) is 4.79 Å². The smallest absolute Gasteiger partial charge is 0.150 e. The van der Waals surface area contributed by atoms with Gasteiger partial charge in [0.25, 0.3) is 0 Å². The summed E-state index contributed by atoms with van der Waals surface area (Å²) in [5, 5.41) is 0. The summed E-state index contributed by atoms with van der Waals surface area (Å²) < 4.78 is 0. The monoisotopic (exact) mass is 538 g/mol. The van der Waals surface area contributed by atoms with Crippen LogP contribution in [-0.4, -0.2) is 6.29 Å². The van der Waals surface area contributed by atoms with Gasteiger partial charge < -0.3 is 0 Å². The van der Waals surface area contributed by atoms with Crippen LogP contribution in [-0.2, 0) is 4.79 Å². The molecular formula is C39H54O. The van der Waals surface area contributed by atoms with Gasteiger partial charge in [-0.3, -0.25) is 4.79 Å². The molecule has 0 saturated heterocycles. The number of allylic oxidation sites excluding steroid dienone is 20. The molecule has 0 spiro atoms. The number of hydrogen-bond acceptors (Lipinski definition) is 1. The normalized spacial score (nSPS) is 21.6. The van der Waals surface area contributed by atoms with Gasteiger partial charge in [0, 0.05) is 5.57 Å². The van der Waals surface area contributed by atoms with Gasteiger partial charge in [0.15, 0.2) is 0 Å². The van der Waals surface area contributed by atoms with Crippen molar-refractivity contribution < 1.29 is 4.79 Å². The van der Waals surface area contributed by atoms with E-state index < -0.39 is 0 Å². The van der Waals surface area contributed by atoms with Crippen LogP contribution in [0.2, 0.25) is 0 Å². The molecule has 0 amide bonds. The Kier molecular flexibility index (Phi) is 13.1. The molecular weight excluding hydrogens is 484 g/mol. The van der Waals surface area contributed by atoms with Crippen molar-refractivity contribution in [1.29, 1.82) is 0 Å². The summed E-state index contributed by atoms with van der Waals surface area (Å²) in [5.41, 5.74) is 10.7. The molecule has 2 aliphatic rings. The van der Waals surface area contributed by atoms with E-state index in [1.165, 1.54) is 77.5 Å². The van der Waals surface area contributed by atoms with E-state index >= 15 is 0 Å². The minimum atomic E-state index is 0.244. The van der Waals surface area contributed by atoms with Crippen LogP contribution in [0.25, 0.3) is 0 Å². The third-order valence-corrected chi connectivity index (χ3v) is 8.46. The van der Waals surface area contributed by atoms with Gasteiger partial charge in [0.1, 0.15) is 6.29 Å². The van der Waals surface area contributed by atoms with E-state index in [0.717, 1.165) is 12.7 Å². The summed E-state index contributed by atoms with van der Waals surface area (Å²) in [6.45, 7) is 20.3. The highest BCUT2D eigenvalue weighted by Crippen LogP contribution is 2.41. The largest absolute Gasteiger partial charge is 0.298 e. The van der Waals surface area contributed by atoms with Crippen LogP contribution in [0.4, 0.5) is 0 Å². The van der Waals surface area contributed by atoms with Crippen molar-refractivity contribution in [3.05, 3.63) is 117 Å². The quantitative estimate of drug-likeness (QED) is 0.145. The molecule has 1 heteroatoms. The Morgan fingerprint density at radius 2 is 1.18 bits per heavy atom. The summed E-state index contributed by atoms with van der Waals surface area (Å²) in [4.78, 5) is 11.7. The van der Waals surface area contributed by atoms with Gasteiger partial charge in [-0.05, 0) is 100 Å². The second-order valence-electron chi connectivity index (χ2n) is 12.9. The SMILES string of the molecule is CCC(/C=C/C=C(C)/C=C/C1=C(C)CCCC1(C)C)=C\C=C(C=O)/C=C/C=C(C)/C=C/C1=C(C)CCCC1(C)C. The lowest BCUT2D eigenvalue weighted by Crippen LogP contribution is -2.19. The van der Waals surface area contributed by atoms with Gasteiger partial charge >= 0.3 is 0 Å². The highest BCUT2D eigenvalue weighted by Gasteiger charge is 2.27. The standard InChI is InChI=1S/C39H54O/c1-10-34(19-11-15-30(2)21-25-36-32(4)17-13-27-38(36,6)7)23-24-35(29-40)20-12-16-31(3)22-26-37-33(5)18-14-28-39(37,8)9/h11-12,15-16,19-26,29H,10,13-14,17-18,27-28H2,1-9H3/b19-11+,20-12+,25-21+,26-22+,30-15+,31-16+,34-23+,35-24+. The predicted octanol–water partition coefficient (Wildman–Crippen LogP) is 11.6. The Labute approximate surface area is 246 Å². The molecule has 0 radical (unpaired) electrons. The Morgan fingerprint density at radius 1 is 0.700 bits per heavy atom. The van der Waals surface area contributed by atoms with Crippen molar-refractivity contribution >= 4 is 6.29 Å². The predicted molar refractivity (Wildman–Crippen MR) is 177 cm³/mol. The fraction of sp³-hybridized carbons (Fsp3) is 0.462. The lowest BCUT2D eigenvalue weighted by Gasteiger charge is -2.33. The van der Waals surface area contributed by atoms with Crippen LogP contribution in [0.1, 0.15) is 107 Å². The summed E-state index contributed by atoms with van der Waals surface area (Å²) in [6.07, 6.45) is 34.6. The van der Waals surface area contributed by atoms with Gasteiger partial charge in [-0.15, -0.1) is 0 Å². The van der Waals surface area contributed by atoms with Gasteiger partial charge in [-0.2, -0.15) is 0 Å². The van der Waals surface area contributed by atoms with E-state index in [1.807, 2.05) is 24.3 Å². The molecule has 2 aliphatic carbocycles. The molecule has 0 aromatic heterocycles. The van der Waals surface area contributed by atoms with Crippen LogP contribution < -0.4 is 0 Å². The molecule has 0 atom stereocenters. The average Bonchev–Trinajstić information content (AvgIpc) is 2.88. The molecule has 40 heavy (non-hydrogen) atoms. The van der Waals surface area contributed by atoms with Gasteiger partial charge in [-0.25, -0.2) is 0 Å².